The Kier molecular flexibility index (Phi) is 7.41. The quantitative estimate of drug-likeness (QED) is 0.447. The van der Waals surface area contributed by atoms with E-state index in [1.165, 1.54) is 11.1 Å². The molecule has 3 aromatic rings. The van der Waals surface area contributed by atoms with Crippen LogP contribution in [-0.2, 0) is 35.5 Å². The van der Waals surface area contributed by atoms with Gasteiger partial charge in [0.2, 0.25) is 5.91 Å². The van der Waals surface area contributed by atoms with Crippen LogP contribution in [-0.4, -0.2) is 28.5 Å². The number of fused-ring (bicyclic) bond motifs is 2. The number of carbonyl (C=O) groups excluding carboxylic acids is 2. The van der Waals surface area contributed by atoms with Crippen molar-refractivity contribution in [3.05, 3.63) is 101 Å². The van der Waals surface area contributed by atoms with Gasteiger partial charge in [-0.05, 0) is 80.0 Å². The van der Waals surface area contributed by atoms with E-state index >= 15 is 0 Å². The highest BCUT2D eigenvalue weighted by Crippen LogP contribution is 2.32. The average molecular weight is 513 g/mol. The van der Waals surface area contributed by atoms with Crippen LogP contribution in [0, 0.1) is 0 Å². The van der Waals surface area contributed by atoms with E-state index in [1.807, 2.05) is 81.4 Å². The highest BCUT2D eigenvalue weighted by molar-refractivity contribution is 5.87. The minimum atomic E-state index is -0.665. The number of rotatable bonds is 5. The molecule has 1 N–H and O–H groups in total. The van der Waals surface area contributed by atoms with Crippen molar-refractivity contribution in [2.24, 2.45) is 0 Å². The molecular weight excluding hydrogens is 476 g/mol. The van der Waals surface area contributed by atoms with E-state index in [4.69, 9.17) is 9.47 Å². The molecule has 0 bridgehead atoms. The van der Waals surface area contributed by atoms with E-state index in [-0.39, 0.29) is 18.5 Å². The fourth-order valence-corrected chi connectivity index (χ4v) is 5.31. The first-order valence-corrected chi connectivity index (χ1v) is 13.4. The largest absolute Gasteiger partial charge is 0.489 e. The van der Waals surface area contributed by atoms with Crippen LogP contribution >= 0.6 is 0 Å². The Labute approximate surface area is 225 Å². The normalized spacial score (nSPS) is 18.7. The fraction of sp³-hybridized carbons (Fsp3) is 0.375. The molecule has 6 heteroatoms. The topological polar surface area (TPSA) is 67.9 Å². The molecule has 2 aliphatic rings. The number of nitrogens with zero attached hydrogens (tertiary/aromatic N) is 1. The van der Waals surface area contributed by atoms with Gasteiger partial charge in [-0.1, -0.05) is 60.7 Å². The Morgan fingerprint density at radius 1 is 0.947 bits per heavy atom. The number of hydrogen-bond donors (Lipinski definition) is 1. The molecule has 0 aromatic heterocycles. The second-order valence-electron chi connectivity index (χ2n) is 11.2. The number of hydrogen-bond acceptors (Lipinski definition) is 4. The molecule has 1 heterocycles. The Balaban J connectivity index is 1.36. The summed E-state index contributed by atoms with van der Waals surface area (Å²) in [6.07, 6.45) is 2.88. The van der Waals surface area contributed by atoms with Crippen LogP contribution in [0.5, 0.6) is 5.75 Å². The van der Waals surface area contributed by atoms with Crippen LogP contribution < -0.4 is 10.1 Å². The van der Waals surface area contributed by atoms with Crippen molar-refractivity contribution in [3.8, 4) is 5.75 Å². The van der Waals surface area contributed by atoms with Gasteiger partial charge < -0.3 is 14.8 Å². The van der Waals surface area contributed by atoms with E-state index in [0.717, 1.165) is 41.7 Å². The molecule has 6 nitrogen and oxygen atoms in total. The van der Waals surface area contributed by atoms with E-state index in [2.05, 4.69) is 17.4 Å². The minimum Gasteiger partial charge on any atom is -0.489 e. The second kappa shape index (κ2) is 10.9. The fourth-order valence-electron chi connectivity index (χ4n) is 5.31. The monoisotopic (exact) mass is 512 g/mol. The van der Waals surface area contributed by atoms with Gasteiger partial charge >= 0.3 is 6.09 Å². The molecule has 198 valence electrons. The average Bonchev–Trinajstić information content (AvgIpc) is 2.91. The molecule has 0 saturated heterocycles. The summed E-state index contributed by atoms with van der Waals surface area (Å²) in [4.78, 5) is 28.6. The lowest BCUT2D eigenvalue weighted by Crippen LogP contribution is -2.54. The SMILES string of the molecule is CC(C)(C)OC(=O)N1Cc2cc(OCc3ccccc3)ccc2C[C@H]1C(=O)N[C@H]1CCCc2ccccc21. The molecule has 3 aromatic carbocycles. The summed E-state index contributed by atoms with van der Waals surface area (Å²) in [5.41, 5.74) is 4.88. The third-order valence-electron chi connectivity index (χ3n) is 7.17. The van der Waals surface area contributed by atoms with Crippen LogP contribution in [0.1, 0.15) is 67.5 Å². The van der Waals surface area contributed by atoms with Gasteiger partial charge in [0.05, 0.1) is 12.6 Å². The third kappa shape index (κ3) is 6.01. The van der Waals surface area contributed by atoms with Gasteiger partial charge in [-0.15, -0.1) is 0 Å². The van der Waals surface area contributed by atoms with Crippen molar-refractivity contribution in [3.63, 3.8) is 0 Å². The van der Waals surface area contributed by atoms with Crippen LogP contribution in [0.4, 0.5) is 4.79 Å². The predicted octanol–water partition coefficient (Wildman–Crippen LogP) is 6.12. The minimum absolute atomic E-state index is 0.0527. The van der Waals surface area contributed by atoms with Gasteiger partial charge in [0, 0.05) is 6.42 Å². The molecule has 1 aliphatic carbocycles. The van der Waals surface area contributed by atoms with Gasteiger partial charge in [-0.25, -0.2) is 4.79 Å². The number of ether oxygens (including phenoxy) is 2. The molecule has 0 spiro atoms. The lowest BCUT2D eigenvalue weighted by atomic mass is 9.87. The molecule has 0 saturated carbocycles. The summed E-state index contributed by atoms with van der Waals surface area (Å²) in [7, 11) is 0. The molecule has 0 unspecified atom stereocenters. The summed E-state index contributed by atoms with van der Waals surface area (Å²) < 4.78 is 11.8. The Morgan fingerprint density at radius 2 is 1.71 bits per heavy atom. The highest BCUT2D eigenvalue weighted by Gasteiger charge is 2.38. The lowest BCUT2D eigenvalue weighted by molar-refractivity contribution is -0.128. The zero-order valence-electron chi connectivity index (χ0n) is 22.4. The van der Waals surface area contributed by atoms with E-state index in [0.29, 0.717) is 13.0 Å². The summed E-state index contributed by atoms with van der Waals surface area (Å²) in [6, 6.07) is 23.5. The van der Waals surface area contributed by atoms with Crippen molar-refractivity contribution in [1.82, 2.24) is 10.2 Å². The van der Waals surface area contributed by atoms with Gasteiger partial charge in [-0.3, -0.25) is 9.69 Å². The number of benzene rings is 3. The molecule has 1 aliphatic heterocycles. The van der Waals surface area contributed by atoms with Gasteiger partial charge in [-0.2, -0.15) is 0 Å². The van der Waals surface area contributed by atoms with Crippen molar-refractivity contribution >= 4 is 12.0 Å². The van der Waals surface area contributed by atoms with Crippen LogP contribution in [0.2, 0.25) is 0 Å². The van der Waals surface area contributed by atoms with Crippen LogP contribution in [0.3, 0.4) is 0 Å². The predicted molar refractivity (Wildman–Crippen MR) is 147 cm³/mol. The molecule has 2 atom stereocenters. The molecule has 0 fully saturated rings. The molecule has 5 rings (SSSR count). The molecule has 0 radical (unpaired) electrons. The van der Waals surface area contributed by atoms with E-state index in [1.54, 1.807) is 4.90 Å². The molecular formula is C32H36N2O4. The van der Waals surface area contributed by atoms with E-state index < -0.39 is 17.7 Å². The van der Waals surface area contributed by atoms with Crippen LogP contribution in [0.25, 0.3) is 0 Å². The summed E-state index contributed by atoms with van der Waals surface area (Å²) in [6.45, 7) is 6.26. The third-order valence-corrected chi connectivity index (χ3v) is 7.17. The maximum absolute atomic E-state index is 13.7. The Bertz CT molecular complexity index is 1300. The summed E-state index contributed by atoms with van der Waals surface area (Å²) in [5.74, 6) is 0.589. The first-order valence-electron chi connectivity index (χ1n) is 13.4. The van der Waals surface area contributed by atoms with Crippen LogP contribution in [0.15, 0.2) is 72.8 Å². The lowest BCUT2D eigenvalue weighted by Gasteiger charge is -2.38. The summed E-state index contributed by atoms with van der Waals surface area (Å²) in [5, 5.41) is 3.26. The number of carbonyl (C=O) groups is 2. The van der Waals surface area contributed by atoms with Crippen molar-refractivity contribution in [2.75, 3.05) is 0 Å². The number of amides is 2. The smallest absolute Gasteiger partial charge is 0.411 e. The molecule has 2 amide bonds. The number of aryl methyl sites for hydroxylation is 1. The maximum Gasteiger partial charge on any atom is 0.411 e. The second-order valence-corrected chi connectivity index (χ2v) is 11.2. The zero-order valence-corrected chi connectivity index (χ0v) is 22.4. The van der Waals surface area contributed by atoms with Crippen molar-refractivity contribution in [1.29, 1.82) is 0 Å². The standard InChI is InChI=1S/C32H36N2O4/c1-32(2,3)38-31(36)34-20-25-18-26(37-21-22-10-5-4-6-11-22)17-16-24(25)19-29(34)30(35)33-28-15-9-13-23-12-7-8-14-27(23)28/h4-8,10-12,14,16-18,28-29H,9,13,15,19-21H2,1-3H3,(H,33,35)/t28-,29-/m0/s1. The highest BCUT2D eigenvalue weighted by atomic mass is 16.6. The van der Waals surface area contributed by atoms with E-state index in [9.17, 15) is 9.59 Å². The van der Waals surface area contributed by atoms with Gasteiger partial charge in [0.25, 0.3) is 0 Å². The maximum atomic E-state index is 13.7. The zero-order chi connectivity index (χ0) is 26.7. The van der Waals surface area contributed by atoms with Crippen molar-refractivity contribution in [2.45, 2.75) is 77.3 Å². The first-order chi connectivity index (χ1) is 18.3. The van der Waals surface area contributed by atoms with Gasteiger partial charge in [0.15, 0.2) is 0 Å². The van der Waals surface area contributed by atoms with Crippen molar-refractivity contribution < 1.29 is 19.1 Å². The Hall–Kier alpha value is -3.80. The molecule has 38 heavy (non-hydrogen) atoms. The van der Waals surface area contributed by atoms with Gasteiger partial charge in [0.1, 0.15) is 24.0 Å². The first kappa shape index (κ1) is 25.8. The number of nitrogens with one attached hydrogen (secondary N) is 1. The summed E-state index contributed by atoms with van der Waals surface area (Å²) >= 11 is 0. The Morgan fingerprint density at radius 3 is 2.50 bits per heavy atom.